The maximum atomic E-state index is 8.76. The number of hydrogen-bond donors (Lipinski definition) is 2. The third-order valence-corrected chi connectivity index (χ3v) is 3.94. The lowest BCUT2D eigenvalue weighted by atomic mass is 10.2. The minimum Gasteiger partial charge on any atom is -0.409 e. The van der Waals surface area contributed by atoms with E-state index in [1.807, 2.05) is 19.1 Å². The zero-order valence-electron chi connectivity index (χ0n) is 10.3. The Hall–Kier alpha value is -1.27. The number of nitrogens with zero attached hydrogens (tertiary/aromatic N) is 2. The molecule has 1 aliphatic heterocycles. The van der Waals surface area contributed by atoms with Crippen molar-refractivity contribution in [1.29, 1.82) is 0 Å². The highest BCUT2D eigenvalue weighted by molar-refractivity contribution is 7.99. The zero-order chi connectivity index (χ0) is 13.0. The summed E-state index contributed by atoms with van der Waals surface area (Å²) >= 11 is 1.59. The molecule has 0 amide bonds. The molecule has 1 aromatic heterocycles. The maximum absolute atomic E-state index is 8.76. The van der Waals surface area contributed by atoms with E-state index in [1.165, 1.54) is 0 Å². The van der Waals surface area contributed by atoms with Gasteiger partial charge in [-0.25, -0.2) is 4.98 Å². The molecule has 2 rings (SSSR count). The van der Waals surface area contributed by atoms with Gasteiger partial charge in [-0.15, -0.1) is 11.8 Å². The van der Waals surface area contributed by atoms with Crippen molar-refractivity contribution in [2.45, 2.75) is 30.9 Å². The van der Waals surface area contributed by atoms with Crippen LogP contribution >= 0.6 is 11.8 Å². The summed E-state index contributed by atoms with van der Waals surface area (Å²) in [5.41, 5.74) is 7.23. The van der Waals surface area contributed by atoms with Crippen LogP contribution in [-0.4, -0.2) is 34.5 Å². The first kappa shape index (κ1) is 13.2. The van der Waals surface area contributed by atoms with Gasteiger partial charge in [-0.1, -0.05) is 5.16 Å². The number of aryl methyl sites for hydroxylation is 1. The second-order valence-electron chi connectivity index (χ2n) is 4.24. The monoisotopic (exact) mass is 267 g/mol. The molecule has 1 saturated heterocycles. The Morgan fingerprint density at radius 3 is 3.17 bits per heavy atom. The molecular formula is C12H17N3O2S. The molecule has 2 heterocycles. The first-order chi connectivity index (χ1) is 8.70. The Labute approximate surface area is 110 Å². The van der Waals surface area contributed by atoms with E-state index in [0.717, 1.165) is 35.9 Å². The minimum absolute atomic E-state index is 0.0948. The smallest absolute Gasteiger partial charge is 0.172 e. The van der Waals surface area contributed by atoms with E-state index in [0.29, 0.717) is 5.56 Å². The molecule has 18 heavy (non-hydrogen) atoms. The van der Waals surface area contributed by atoms with Gasteiger partial charge in [0.15, 0.2) is 5.84 Å². The van der Waals surface area contributed by atoms with Crippen molar-refractivity contribution in [2.75, 3.05) is 12.4 Å². The van der Waals surface area contributed by atoms with E-state index in [9.17, 15) is 0 Å². The van der Waals surface area contributed by atoms with Gasteiger partial charge in [0.25, 0.3) is 0 Å². The molecule has 0 aliphatic carbocycles. The molecule has 1 aromatic rings. The molecule has 1 aliphatic rings. The molecule has 1 atom stereocenters. The van der Waals surface area contributed by atoms with E-state index in [-0.39, 0.29) is 11.9 Å². The van der Waals surface area contributed by atoms with Gasteiger partial charge in [0.05, 0.1) is 11.7 Å². The summed E-state index contributed by atoms with van der Waals surface area (Å²) in [7, 11) is 0. The van der Waals surface area contributed by atoms with E-state index >= 15 is 0 Å². The van der Waals surface area contributed by atoms with Crippen molar-refractivity contribution in [3.05, 3.63) is 23.4 Å². The Morgan fingerprint density at radius 1 is 1.67 bits per heavy atom. The molecular weight excluding hydrogens is 250 g/mol. The summed E-state index contributed by atoms with van der Waals surface area (Å²) in [5, 5.41) is 12.6. The standard InChI is InChI=1S/C12H17N3O2S/c1-8-4-5-10(11(13)15-16)12(14-8)18-7-9-3-2-6-17-9/h4-5,9,16H,2-3,6-7H2,1H3,(H2,13,15). The first-order valence-corrected chi connectivity index (χ1v) is 6.89. The van der Waals surface area contributed by atoms with E-state index in [2.05, 4.69) is 10.1 Å². The molecule has 3 N–H and O–H groups in total. The van der Waals surface area contributed by atoms with Gasteiger partial charge in [0.1, 0.15) is 5.03 Å². The Kier molecular flexibility index (Phi) is 4.43. The lowest BCUT2D eigenvalue weighted by Crippen LogP contribution is -2.16. The SMILES string of the molecule is Cc1ccc(/C(N)=N/O)c(SCC2CCCO2)n1. The highest BCUT2D eigenvalue weighted by Crippen LogP contribution is 2.25. The topological polar surface area (TPSA) is 80.7 Å². The first-order valence-electron chi connectivity index (χ1n) is 5.90. The fourth-order valence-electron chi connectivity index (χ4n) is 1.84. The molecule has 1 unspecified atom stereocenters. The van der Waals surface area contributed by atoms with Gasteiger partial charge in [0.2, 0.25) is 0 Å². The number of pyridine rings is 1. The average molecular weight is 267 g/mol. The maximum Gasteiger partial charge on any atom is 0.172 e. The number of rotatable bonds is 4. The Morgan fingerprint density at radius 2 is 2.50 bits per heavy atom. The number of thioether (sulfide) groups is 1. The van der Waals surface area contributed by atoms with E-state index in [1.54, 1.807) is 11.8 Å². The molecule has 5 nitrogen and oxygen atoms in total. The summed E-state index contributed by atoms with van der Waals surface area (Å²) in [6.45, 7) is 2.77. The number of oxime groups is 1. The lowest BCUT2D eigenvalue weighted by molar-refractivity contribution is 0.129. The summed E-state index contributed by atoms with van der Waals surface area (Å²) in [5.74, 6) is 0.944. The largest absolute Gasteiger partial charge is 0.409 e. The Bertz CT molecular complexity index is 445. The highest BCUT2D eigenvalue weighted by Gasteiger charge is 2.17. The predicted molar refractivity (Wildman–Crippen MR) is 71.2 cm³/mol. The van der Waals surface area contributed by atoms with Gasteiger partial charge in [-0.05, 0) is 31.9 Å². The normalized spacial score (nSPS) is 20.3. The van der Waals surface area contributed by atoms with Gasteiger partial charge >= 0.3 is 0 Å². The summed E-state index contributed by atoms with van der Waals surface area (Å²) < 4.78 is 5.57. The molecule has 0 bridgehead atoms. The number of hydrogen-bond acceptors (Lipinski definition) is 5. The van der Waals surface area contributed by atoms with Gasteiger partial charge < -0.3 is 15.7 Å². The van der Waals surface area contributed by atoms with Crippen molar-refractivity contribution >= 4 is 17.6 Å². The minimum atomic E-state index is 0.0948. The number of aromatic nitrogens is 1. The van der Waals surface area contributed by atoms with Crippen LogP contribution in [0.4, 0.5) is 0 Å². The van der Waals surface area contributed by atoms with Crippen LogP contribution in [0, 0.1) is 6.92 Å². The number of nitrogens with two attached hydrogens (primary N) is 1. The lowest BCUT2D eigenvalue weighted by Gasteiger charge is -2.11. The van der Waals surface area contributed by atoms with Crippen LogP contribution in [0.2, 0.25) is 0 Å². The van der Waals surface area contributed by atoms with Crippen molar-refractivity contribution in [2.24, 2.45) is 10.9 Å². The van der Waals surface area contributed by atoms with Crippen LogP contribution in [-0.2, 0) is 4.74 Å². The molecule has 0 saturated carbocycles. The van der Waals surface area contributed by atoms with Gasteiger partial charge in [0, 0.05) is 18.1 Å². The van der Waals surface area contributed by atoms with Gasteiger partial charge in [-0.2, -0.15) is 0 Å². The fraction of sp³-hybridized carbons (Fsp3) is 0.500. The second-order valence-corrected chi connectivity index (χ2v) is 5.25. The average Bonchev–Trinajstić information content (AvgIpc) is 2.88. The van der Waals surface area contributed by atoms with Crippen molar-refractivity contribution in [1.82, 2.24) is 4.98 Å². The highest BCUT2D eigenvalue weighted by atomic mass is 32.2. The van der Waals surface area contributed by atoms with E-state index < -0.39 is 0 Å². The third-order valence-electron chi connectivity index (χ3n) is 2.81. The van der Waals surface area contributed by atoms with Crippen LogP contribution in [0.15, 0.2) is 22.3 Å². The van der Waals surface area contributed by atoms with Crippen LogP contribution < -0.4 is 5.73 Å². The third kappa shape index (κ3) is 3.14. The molecule has 0 spiro atoms. The summed E-state index contributed by atoms with van der Waals surface area (Å²) in [6.07, 6.45) is 2.51. The molecule has 0 aromatic carbocycles. The van der Waals surface area contributed by atoms with Crippen LogP contribution in [0.3, 0.4) is 0 Å². The van der Waals surface area contributed by atoms with Crippen molar-refractivity contribution in [3.63, 3.8) is 0 Å². The molecule has 0 radical (unpaired) electrons. The molecule has 6 heteroatoms. The van der Waals surface area contributed by atoms with Crippen LogP contribution in [0.5, 0.6) is 0 Å². The number of amidine groups is 1. The zero-order valence-corrected chi connectivity index (χ0v) is 11.1. The quantitative estimate of drug-likeness (QED) is 0.286. The molecule has 98 valence electrons. The Balaban J connectivity index is 2.11. The van der Waals surface area contributed by atoms with Crippen molar-refractivity contribution in [3.8, 4) is 0 Å². The van der Waals surface area contributed by atoms with E-state index in [4.69, 9.17) is 15.7 Å². The van der Waals surface area contributed by atoms with Crippen LogP contribution in [0.25, 0.3) is 0 Å². The summed E-state index contributed by atoms with van der Waals surface area (Å²) in [4.78, 5) is 4.44. The number of ether oxygens (including phenoxy) is 1. The van der Waals surface area contributed by atoms with Crippen LogP contribution in [0.1, 0.15) is 24.1 Å². The van der Waals surface area contributed by atoms with Crippen molar-refractivity contribution < 1.29 is 9.94 Å². The summed E-state index contributed by atoms with van der Waals surface area (Å²) in [6, 6.07) is 3.68. The predicted octanol–water partition coefficient (Wildman–Crippen LogP) is 1.76. The second kappa shape index (κ2) is 6.06. The fourth-order valence-corrected chi connectivity index (χ4v) is 2.98. The van der Waals surface area contributed by atoms with Gasteiger partial charge in [-0.3, -0.25) is 0 Å². The molecule has 1 fully saturated rings.